The minimum absolute atomic E-state index is 0.207. The Balaban J connectivity index is 3.34. The molecule has 90 valence electrons. The predicted molar refractivity (Wildman–Crippen MR) is 69.2 cm³/mol. The molecule has 0 aliphatic heterocycles. The fraction of sp³-hybridized carbons (Fsp3) is 0.538. The number of nitrogens with zero attached hydrogens (tertiary/aromatic N) is 3. The SMILES string of the molecule is CN(C)C(c1ccccc1)(N(C)C)N(C)C. The topological polar surface area (TPSA) is 9.72 Å². The van der Waals surface area contributed by atoms with Gasteiger partial charge in [0.15, 0.2) is 5.79 Å². The molecule has 0 saturated carbocycles. The van der Waals surface area contributed by atoms with Crippen LogP contribution in [-0.2, 0) is 5.79 Å². The van der Waals surface area contributed by atoms with Crippen molar-refractivity contribution in [2.24, 2.45) is 0 Å². The van der Waals surface area contributed by atoms with Crippen LogP contribution in [0.3, 0.4) is 0 Å². The van der Waals surface area contributed by atoms with Crippen LogP contribution in [0.25, 0.3) is 0 Å². The molecule has 0 aliphatic rings. The molecular formula is C13H23N3. The Morgan fingerprint density at radius 1 is 0.688 bits per heavy atom. The zero-order valence-electron chi connectivity index (χ0n) is 11.2. The number of benzene rings is 1. The number of rotatable bonds is 4. The van der Waals surface area contributed by atoms with E-state index in [4.69, 9.17) is 0 Å². The minimum Gasteiger partial charge on any atom is -0.275 e. The van der Waals surface area contributed by atoms with E-state index in [0.29, 0.717) is 0 Å². The monoisotopic (exact) mass is 221 g/mol. The Morgan fingerprint density at radius 3 is 1.38 bits per heavy atom. The first kappa shape index (κ1) is 13.2. The third kappa shape index (κ3) is 1.98. The molecule has 0 N–H and O–H groups in total. The highest BCUT2D eigenvalue weighted by molar-refractivity contribution is 5.23. The molecule has 0 heterocycles. The van der Waals surface area contributed by atoms with Crippen LogP contribution in [0, 0.1) is 0 Å². The maximum absolute atomic E-state index is 2.22. The molecule has 0 radical (unpaired) electrons. The van der Waals surface area contributed by atoms with E-state index in [1.165, 1.54) is 5.56 Å². The van der Waals surface area contributed by atoms with E-state index in [9.17, 15) is 0 Å². The highest BCUT2D eigenvalue weighted by atomic mass is 15.5. The minimum atomic E-state index is -0.207. The van der Waals surface area contributed by atoms with Gasteiger partial charge >= 0.3 is 0 Å². The number of hydrogen-bond acceptors (Lipinski definition) is 3. The molecule has 0 aliphatic carbocycles. The molecule has 0 amide bonds. The van der Waals surface area contributed by atoms with Gasteiger partial charge in [-0.2, -0.15) is 0 Å². The summed E-state index contributed by atoms with van der Waals surface area (Å²) in [6.45, 7) is 0. The largest absolute Gasteiger partial charge is 0.275 e. The lowest BCUT2D eigenvalue weighted by Crippen LogP contribution is -2.61. The Bertz CT molecular complexity index is 295. The molecule has 0 atom stereocenters. The van der Waals surface area contributed by atoms with Gasteiger partial charge in [0, 0.05) is 5.56 Å². The smallest absolute Gasteiger partial charge is 0.156 e. The van der Waals surface area contributed by atoms with Crippen LogP contribution >= 0.6 is 0 Å². The molecule has 16 heavy (non-hydrogen) atoms. The lowest BCUT2D eigenvalue weighted by atomic mass is 10.0. The predicted octanol–water partition coefficient (Wildman–Crippen LogP) is 1.48. The van der Waals surface area contributed by atoms with Gasteiger partial charge in [-0.25, -0.2) is 0 Å². The second-order valence-electron chi connectivity index (χ2n) is 4.68. The lowest BCUT2D eigenvalue weighted by Gasteiger charge is -2.50. The highest BCUT2D eigenvalue weighted by Crippen LogP contribution is 2.30. The summed E-state index contributed by atoms with van der Waals surface area (Å²) in [5.41, 5.74) is 1.27. The van der Waals surface area contributed by atoms with Gasteiger partial charge in [0.25, 0.3) is 0 Å². The Morgan fingerprint density at radius 2 is 1.06 bits per heavy atom. The summed E-state index contributed by atoms with van der Waals surface area (Å²) in [7, 11) is 12.6. The van der Waals surface area contributed by atoms with Crippen molar-refractivity contribution in [2.45, 2.75) is 5.79 Å². The molecule has 3 heteroatoms. The van der Waals surface area contributed by atoms with Gasteiger partial charge < -0.3 is 0 Å². The van der Waals surface area contributed by atoms with Gasteiger partial charge in [0.2, 0.25) is 0 Å². The molecule has 0 unspecified atom stereocenters. The summed E-state index contributed by atoms with van der Waals surface area (Å²) in [6, 6.07) is 10.6. The molecule has 1 aromatic carbocycles. The third-order valence-corrected chi connectivity index (χ3v) is 3.03. The summed E-state index contributed by atoms with van der Waals surface area (Å²) in [6.07, 6.45) is 0. The number of hydrogen-bond donors (Lipinski definition) is 0. The molecule has 1 aromatic rings. The van der Waals surface area contributed by atoms with Gasteiger partial charge in [0.05, 0.1) is 0 Å². The van der Waals surface area contributed by atoms with Gasteiger partial charge in [-0.3, -0.25) is 14.7 Å². The molecule has 0 spiro atoms. The van der Waals surface area contributed by atoms with Crippen LogP contribution in [0.5, 0.6) is 0 Å². The molecule has 0 bridgehead atoms. The van der Waals surface area contributed by atoms with E-state index >= 15 is 0 Å². The van der Waals surface area contributed by atoms with Crippen molar-refractivity contribution in [3.05, 3.63) is 35.9 Å². The summed E-state index contributed by atoms with van der Waals surface area (Å²) in [4.78, 5) is 6.67. The van der Waals surface area contributed by atoms with E-state index in [1.54, 1.807) is 0 Å². The second-order valence-corrected chi connectivity index (χ2v) is 4.68. The first-order valence-corrected chi connectivity index (χ1v) is 5.51. The molecule has 0 saturated heterocycles. The maximum Gasteiger partial charge on any atom is 0.156 e. The fourth-order valence-corrected chi connectivity index (χ4v) is 2.64. The van der Waals surface area contributed by atoms with E-state index in [-0.39, 0.29) is 5.79 Å². The first-order valence-electron chi connectivity index (χ1n) is 5.51. The average Bonchev–Trinajstić information content (AvgIpc) is 2.18. The van der Waals surface area contributed by atoms with Crippen LogP contribution in [0.2, 0.25) is 0 Å². The quantitative estimate of drug-likeness (QED) is 0.713. The Kier molecular flexibility index (Phi) is 4.08. The van der Waals surface area contributed by atoms with Crippen molar-refractivity contribution in [3.8, 4) is 0 Å². The van der Waals surface area contributed by atoms with E-state index in [1.807, 2.05) is 0 Å². The van der Waals surface area contributed by atoms with Gasteiger partial charge in [-0.05, 0) is 42.3 Å². The Hall–Kier alpha value is -0.900. The lowest BCUT2D eigenvalue weighted by molar-refractivity contribution is -0.116. The highest BCUT2D eigenvalue weighted by Gasteiger charge is 2.39. The van der Waals surface area contributed by atoms with Crippen molar-refractivity contribution < 1.29 is 0 Å². The van der Waals surface area contributed by atoms with E-state index in [2.05, 4.69) is 87.3 Å². The zero-order chi connectivity index (χ0) is 12.3. The van der Waals surface area contributed by atoms with Crippen LogP contribution in [0.15, 0.2) is 30.3 Å². The summed E-state index contributed by atoms with van der Waals surface area (Å²) in [5.74, 6) is -0.207. The van der Waals surface area contributed by atoms with Crippen molar-refractivity contribution in [3.63, 3.8) is 0 Å². The van der Waals surface area contributed by atoms with Gasteiger partial charge in [-0.15, -0.1) is 0 Å². The van der Waals surface area contributed by atoms with Crippen LogP contribution < -0.4 is 0 Å². The molecule has 0 aromatic heterocycles. The van der Waals surface area contributed by atoms with Gasteiger partial charge in [-0.1, -0.05) is 30.3 Å². The first-order chi connectivity index (χ1) is 7.44. The van der Waals surface area contributed by atoms with Crippen molar-refractivity contribution >= 4 is 0 Å². The standard InChI is InChI=1S/C13H23N3/c1-14(2)13(15(3)4,16(5)6)12-10-8-7-9-11-12/h7-11H,1-6H3. The van der Waals surface area contributed by atoms with Crippen LogP contribution in [-0.4, -0.2) is 57.0 Å². The van der Waals surface area contributed by atoms with Gasteiger partial charge in [0.1, 0.15) is 0 Å². The summed E-state index contributed by atoms with van der Waals surface area (Å²) >= 11 is 0. The van der Waals surface area contributed by atoms with Crippen LogP contribution in [0.1, 0.15) is 5.56 Å². The summed E-state index contributed by atoms with van der Waals surface area (Å²) < 4.78 is 0. The van der Waals surface area contributed by atoms with E-state index < -0.39 is 0 Å². The van der Waals surface area contributed by atoms with Crippen molar-refractivity contribution in [1.82, 2.24) is 14.7 Å². The normalized spacial score (nSPS) is 12.8. The van der Waals surface area contributed by atoms with Crippen molar-refractivity contribution in [2.75, 3.05) is 42.3 Å². The Labute approximate surface area is 99.3 Å². The third-order valence-electron chi connectivity index (χ3n) is 3.03. The van der Waals surface area contributed by atoms with Crippen LogP contribution in [0.4, 0.5) is 0 Å². The second kappa shape index (κ2) is 4.95. The summed E-state index contributed by atoms with van der Waals surface area (Å²) in [5, 5.41) is 0. The molecular weight excluding hydrogens is 198 g/mol. The van der Waals surface area contributed by atoms with E-state index in [0.717, 1.165) is 0 Å². The molecule has 0 fully saturated rings. The average molecular weight is 221 g/mol. The fourth-order valence-electron chi connectivity index (χ4n) is 2.64. The molecule has 3 nitrogen and oxygen atoms in total. The maximum atomic E-state index is 2.22. The zero-order valence-corrected chi connectivity index (χ0v) is 11.2. The van der Waals surface area contributed by atoms with Crippen molar-refractivity contribution in [1.29, 1.82) is 0 Å². The molecule has 1 rings (SSSR count).